The number of anilines is 2. The van der Waals surface area contributed by atoms with Crippen LogP contribution in [0.3, 0.4) is 0 Å². The fourth-order valence-electron chi connectivity index (χ4n) is 6.14. The van der Waals surface area contributed by atoms with Crippen LogP contribution in [0.15, 0.2) is 28.7 Å². The van der Waals surface area contributed by atoms with Crippen LogP contribution in [-0.2, 0) is 22.0 Å². The van der Waals surface area contributed by atoms with Crippen LogP contribution >= 0.6 is 0 Å². The van der Waals surface area contributed by atoms with Gasteiger partial charge in [0.15, 0.2) is 11.4 Å². The summed E-state index contributed by atoms with van der Waals surface area (Å²) in [5, 5.41) is 6.06. The molecule has 1 saturated heterocycles. The molecule has 1 fully saturated rings. The van der Waals surface area contributed by atoms with Gasteiger partial charge in [-0.15, -0.1) is 0 Å². The predicted octanol–water partition coefficient (Wildman–Crippen LogP) is 5.72. The maximum absolute atomic E-state index is 13.3. The van der Waals surface area contributed by atoms with Crippen molar-refractivity contribution >= 4 is 17.5 Å². The SMILES string of the molecule is COc1nc(NCCCN2CCOCC2)nc(OC)c1NC(=O)c1ccc(Cc2cc3c(cc2C)C(C)(C)CCC3(C)C)o1. The molecule has 3 heterocycles. The normalized spacial score (nSPS) is 17.5. The van der Waals surface area contributed by atoms with E-state index in [1.165, 1.54) is 42.9 Å². The van der Waals surface area contributed by atoms with Crippen molar-refractivity contribution in [1.29, 1.82) is 0 Å². The first-order valence-electron chi connectivity index (χ1n) is 15.6. The van der Waals surface area contributed by atoms with E-state index in [0.717, 1.165) is 51.4 Å². The van der Waals surface area contributed by atoms with Gasteiger partial charge in [-0.25, -0.2) is 0 Å². The summed E-state index contributed by atoms with van der Waals surface area (Å²) in [6, 6.07) is 8.25. The van der Waals surface area contributed by atoms with Crippen molar-refractivity contribution in [3.8, 4) is 11.8 Å². The minimum Gasteiger partial charge on any atom is -0.479 e. The van der Waals surface area contributed by atoms with Crippen LogP contribution in [0.25, 0.3) is 0 Å². The number of nitrogens with zero attached hydrogens (tertiary/aromatic N) is 3. The molecule has 0 bridgehead atoms. The number of aryl methyl sites for hydroxylation is 1. The van der Waals surface area contributed by atoms with E-state index in [1.54, 1.807) is 6.07 Å². The Morgan fingerprint density at radius 2 is 1.61 bits per heavy atom. The third kappa shape index (κ3) is 7.02. The molecule has 238 valence electrons. The Kier molecular flexibility index (Phi) is 9.51. The molecule has 0 atom stereocenters. The highest BCUT2D eigenvalue weighted by atomic mass is 16.5. The van der Waals surface area contributed by atoms with E-state index in [9.17, 15) is 4.79 Å². The number of aromatic nitrogens is 2. The molecule has 2 aliphatic rings. The molecular weight excluding hydrogens is 558 g/mol. The number of fused-ring (bicyclic) bond motifs is 1. The molecule has 10 heteroatoms. The van der Waals surface area contributed by atoms with E-state index in [0.29, 0.717) is 18.9 Å². The van der Waals surface area contributed by atoms with E-state index in [-0.39, 0.29) is 34.0 Å². The van der Waals surface area contributed by atoms with Crippen molar-refractivity contribution in [2.45, 2.75) is 71.1 Å². The second kappa shape index (κ2) is 13.2. The molecule has 1 aliphatic heterocycles. The first kappa shape index (κ1) is 31.8. The number of carbonyl (C=O) groups is 1. The predicted molar refractivity (Wildman–Crippen MR) is 171 cm³/mol. The highest BCUT2D eigenvalue weighted by Crippen LogP contribution is 2.46. The van der Waals surface area contributed by atoms with Crippen LogP contribution < -0.4 is 20.1 Å². The standard InChI is InChI=1S/C34H47N5O5/c1-22-19-25-26(34(4,5)12-11-33(25,2)3)21-23(22)20-24-9-10-27(44-24)29(40)36-28-30(41-6)37-32(38-31(28)42-7)35-13-8-14-39-15-17-43-18-16-39/h9-10,19,21H,8,11-18,20H2,1-7H3,(H,36,40)(H,35,37,38). The van der Waals surface area contributed by atoms with Gasteiger partial charge in [0.05, 0.1) is 27.4 Å². The number of furan rings is 1. The lowest BCUT2D eigenvalue weighted by atomic mass is 9.62. The van der Waals surface area contributed by atoms with Crippen molar-refractivity contribution in [2.24, 2.45) is 0 Å². The number of nitrogens with one attached hydrogen (secondary N) is 2. The highest BCUT2D eigenvalue weighted by Gasteiger charge is 2.37. The molecule has 1 amide bonds. The summed E-state index contributed by atoms with van der Waals surface area (Å²) in [4.78, 5) is 24.6. The second-order valence-electron chi connectivity index (χ2n) is 13.2. The number of carbonyl (C=O) groups excluding carboxylic acids is 1. The van der Waals surface area contributed by atoms with Crippen molar-refractivity contribution in [2.75, 3.05) is 64.2 Å². The minimum atomic E-state index is -0.437. The van der Waals surface area contributed by atoms with Gasteiger partial charge in [0.1, 0.15) is 5.76 Å². The lowest BCUT2D eigenvalue weighted by molar-refractivity contribution is 0.0378. The third-order valence-corrected chi connectivity index (χ3v) is 9.07. The van der Waals surface area contributed by atoms with E-state index < -0.39 is 5.91 Å². The van der Waals surface area contributed by atoms with Gasteiger partial charge >= 0.3 is 0 Å². The molecule has 2 N–H and O–H groups in total. The Hall–Kier alpha value is -3.63. The van der Waals surface area contributed by atoms with E-state index in [4.69, 9.17) is 18.6 Å². The van der Waals surface area contributed by atoms with Crippen molar-refractivity contribution in [3.63, 3.8) is 0 Å². The summed E-state index contributed by atoms with van der Waals surface area (Å²) in [6.07, 6.45) is 3.86. The molecule has 3 aromatic rings. The molecule has 10 nitrogen and oxygen atoms in total. The molecule has 1 aliphatic carbocycles. The summed E-state index contributed by atoms with van der Waals surface area (Å²) in [6.45, 7) is 16.6. The molecular formula is C34H47N5O5. The number of morpholine rings is 1. The topological polar surface area (TPSA) is 111 Å². The van der Waals surface area contributed by atoms with Crippen molar-refractivity contribution in [1.82, 2.24) is 14.9 Å². The molecule has 1 aromatic carbocycles. The van der Waals surface area contributed by atoms with Crippen LogP contribution in [0.4, 0.5) is 11.6 Å². The first-order chi connectivity index (χ1) is 21.0. The maximum Gasteiger partial charge on any atom is 0.291 e. The molecule has 44 heavy (non-hydrogen) atoms. The van der Waals surface area contributed by atoms with Crippen LogP contribution in [0.2, 0.25) is 0 Å². The maximum atomic E-state index is 13.3. The summed E-state index contributed by atoms with van der Waals surface area (Å²) >= 11 is 0. The zero-order valence-electron chi connectivity index (χ0n) is 27.3. The van der Waals surface area contributed by atoms with Gasteiger partial charge in [-0.3, -0.25) is 9.69 Å². The first-order valence-corrected chi connectivity index (χ1v) is 15.6. The summed E-state index contributed by atoms with van der Waals surface area (Å²) in [5.74, 6) is 1.23. The van der Waals surface area contributed by atoms with Crippen molar-refractivity contribution in [3.05, 3.63) is 58.0 Å². The van der Waals surface area contributed by atoms with Crippen LogP contribution in [-0.4, -0.2) is 74.4 Å². The Labute approximate surface area is 260 Å². The number of benzene rings is 1. The van der Waals surface area contributed by atoms with Crippen molar-refractivity contribution < 1.29 is 23.4 Å². The fourth-order valence-corrected chi connectivity index (χ4v) is 6.14. The van der Waals surface area contributed by atoms with Crippen LogP contribution in [0.5, 0.6) is 11.8 Å². The Morgan fingerprint density at radius 1 is 0.977 bits per heavy atom. The van der Waals surface area contributed by atoms with Gasteiger partial charge in [0.25, 0.3) is 5.91 Å². The van der Waals surface area contributed by atoms with Gasteiger partial charge in [0.2, 0.25) is 17.7 Å². The molecule has 0 unspecified atom stereocenters. The minimum absolute atomic E-state index is 0.121. The smallest absolute Gasteiger partial charge is 0.291 e. The molecule has 0 spiro atoms. The van der Waals surface area contributed by atoms with Crippen LogP contribution in [0, 0.1) is 6.92 Å². The Morgan fingerprint density at radius 3 is 2.25 bits per heavy atom. The second-order valence-corrected chi connectivity index (χ2v) is 13.2. The highest BCUT2D eigenvalue weighted by molar-refractivity contribution is 6.03. The largest absolute Gasteiger partial charge is 0.479 e. The van der Waals surface area contributed by atoms with E-state index >= 15 is 0 Å². The van der Waals surface area contributed by atoms with E-state index in [1.807, 2.05) is 6.07 Å². The molecule has 0 radical (unpaired) electrons. The summed E-state index contributed by atoms with van der Waals surface area (Å²) in [7, 11) is 2.99. The lowest BCUT2D eigenvalue weighted by Crippen LogP contribution is -2.37. The summed E-state index contributed by atoms with van der Waals surface area (Å²) in [5.41, 5.74) is 5.82. The average molecular weight is 606 g/mol. The number of methoxy groups -OCH3 is 2. The lowest BCUT2D eigenvalue weighted by Gasteiger charge is -2.42. The molecule has 2 aromatic heterocycles. The number of hydrogen-bond acceptors (Lipinski definition) is 9. The zero-order chi connectivity index (χ0) is 31.5. The molecule has 5 rings (SSSR count). The number of amides is 1. The van der Waals surface area contributed by atoms with Gasteiger partial charge in [-0.2, -0.15) is 9.97 Å². The Bertz CT molecular complexity index is 1450. The van der Waals surface area contributed by atoms with E-state index in [2.05, 4.69) is 72.3 Å². The summed E-state index contributed by atoms with van der Waals surface area (Å²) < 4.78 is 22.5. The van der Waals surface area contributed by atoms with Gasteiger partial charge in [-0.1, -0.05) is 39.8 Å². The average Bonchev–Trinajstić information content (AvgIpc) is 3.48. The number of hydrogen-bond donors (Lipinski definition) is 2. The number of rotatable bonds is 11. The fraction of sp³-hybridized carbons (Fsp3) is 0.559. The molecule has 0 saturated carbocycles. The van der Waals surface area contributed by atoms with Gasteiger partial charge < -0.3 is 29.3 Å². The van der Waals surface area contributed by atoms with Crippen LogP contribution in [0.1, 0.15) is 85.5 Å². The Balaban J connectivity index is 1.26. The zero-order valence-corrected chi connectivity index (χ0v) is 27.3. The quantitative estimate of drug-likeness (QED) is 0.265. The van der Waals surface area contributed by atoms with Gasteiger partial charge in [-0.05, 0) is 77.9 Å². The van der Waals surface area contributed by atoms with Gasteiger partial charge in [0, 0.05) is 26.1 Å². The monoisotopic (exact) mass is 605 g/mol. The number of ether oxygens (including phenoxy) is 3. The third-order valence-electron chi connectivity index (χ3n) is 9.07.